The fourth-order valence-corrected chi connectivity index (χ4v) is 4.50. The average molecular weight is 373 g/mol. The van der Waals surface area contributed by atoms with E-state index in [0.29, 0.717) is 24.0 Å². The van der Waals surface area contributed by atoms with E-state index in [4.69, 9.17) is 9.47 Å². The monoisotopic (exact) mass is 373 g/mol. The predicted molar refractivity (Wildman–Crippen MR) is 108 cm³/mol. The van der Waals surface area contributed by atoms with Gasteiger partial charge in [0.2, 0.25) is 6.79 Å². The highest BCUT2D eigenvalue weighted by atomic mass is 16.7. The highest BCUT2D eigenvalue weighted by Crippen LogP contribution is 2.46. The number of ether oxygens (including phenoxy) is 2. The number of fused-ring (bicyclic) bond motifs is 1. The quantitative estimate of drug-likeness (QED) is 0.710. The third-order valence-electron chi connectivity index (χ3n) is 5.82. The van der Waals surface area contributed by atoms with E-state index in [9.17, 15) is 5.11 Å². The van der Waals surface area contributed by atoms with Crippen molar-refractivity contribution < 1.29 is 14.6 Å². The molecule has 0 aliphatic carbocycles. The van der Waals surface area contributed by atoms with Gasteiger partial charge in [-0.15, -0.1) is 0 Å². The summed E-state index contributed by atoms with van der Waals surface area (Å²) in [6.45, 7) is 1.86. The first-order chi connectivity index (χ1) is 13.8. The molecule has 0 saturated carbocycles. The highest BCUT2D eigenvalue weighted by molar-refractivity contribution is 5.51. The van der Waals surface area contributed by atoms with Gasteiger partial charge >= 0.3 is 0 Å². The number of benzene rings is 3. The van der Waals surface area contributed by atoms with Crippen molar-refractivity contribution in [3.63, 3.8) is 0 Å². The van der Waals surface area contributed by atoms with Gasteiger partial charge in [-0.05, 0) is 30.2 Å². The SMILES string of the molecule is Oc1cc2c(cc1CN1CCC(c3ccccc3)C1c1ccccc1)OCO2. The van der Waals surface area contributed by atoms with Gasteiger partial charge in [0.1, 0.15) is 5.75 Å². The van der Waals surface area contributed by atoms with Gasteiger partial charge in [-0.3, -0.25) is 4.90 Å². The van der Waals surface area contributed by atoms with Crippen molar-refractivity contribution in [2.24, 2.45) is 0 Å². The number of likely N-dealkylation sites (tertiary alicyclic amines) is 1. The molecule has 2 aliphatic heterocycles. The van der Waals surface area contributed by atoms with Crippen molar-refractivity contribution in [1.29, 1.82) is 0 Å². The van der Waals surface area contributed by atoms with Crippen molar-refractivity contribution in [3.8, 4) is 17.2 Å². The maximum absolute atomic E-state index is 10.5. The Hall–Kier alpha value is -2.98. The molecule has 2 aliphatic rings. The first kappa shape index (κ1) is 17.1. The Bertz CT molecular complexity index is 958. The lowest BCUT2D eigenvalue weighted by atomic mass is 9.87. The Morgan fingerprint density at radius 3 is 2.21 bits per heavy atom. The standard InChI is InChI=1S/C24H23NO3/c26-21-14-23-22(27-16-28-23)13-19(21)15-25-12-11-20(17-7-3-1-4-8-17)24(25)18-9-5-2-6-10-18/h1-10,13-14,20,24,26H,11-12,15-16H2. The lowest BCUT2D eigenvalue weighted by Crippen LogP contribution is -2.25. The molecule has 142 valence electrons. The Morgan fingerprint density at radius 1 is 0.857 bits per heavy atom. The third kappa shape index (κ3) is 3.10. The van der Waals surface area contributed by atoms with Gasteiger partial charge in [-0.1, -0.05) is 60.7 Å². The van der Waals surface area contributed by atoms with Crippen molar-refractivity contribution in [1.82, 2.24) is 4.90 Å². The van der Waals surface area contributed by atoms with Crippen LogP contribution in [0.3, 0.4) is 0 Å². The van der Waals surface area contributed by atoms with E-state index in [2.05, 4.69) is 65.6 Å². The normalized spacial score (nSPS) is 21.1. The van der Waals surface area contributed by atoms with Gasteiger partial charge < -0.3 is 14.6 Å². The number of rotatable bonds is 4. The Labute approximate surface area is 165 Å². The van der Waals surface area contributed by atoms with E-state index >= 15 is 0 Å². The summed E-state index contributed by atoms with van der Waals surface area (Å²) in [6.07, 6.45) is 1.09. The number of phenols is 1. The van der Waals surface area contributed by atoms with Gasteiger partial charge in [0.05, 0.1) is 0 Å². The summed E-state index contributed by atoms with van der Waals surface area (Å²) in [5.74, 6) is 2.02. The molecule has 2 atom stereocenters. The molecule has 2 unspecified atom stereocenters. The van der Waals surface area contributed by atoms with Gasteiger partial charge in [-0.25, -0.2) is 0 Å². The van der Waals surface area contributed by atoms with Crippen LogP contribution < -0.4 is 9.47 Å². The van der Waals surface area contributed by atoms with E-state index in [1.165, 1.54) is 11.1 Å². The van der Waals surface area contributed by atoms with Crippen LogP contribution >= 0.6 is 0 Å². The van der Waals surface area contributed by atoms with Crippen molar-refractivity contribution in [2.75, 3.05) is 13.3 Å². The topological polar surface area (TPSA) is 41.9 Å². The van der Waals surface area contributed by atoms with Crippen molar-refractivity contribution >= 4 is 0 Å². The molecule has 1 fully saturated rings. The van der Waals surface area contributed by atoms with Crippen LogP contribution in [-0.2, 0) is 6.54 Å². The second kappa shape index (κ2) is 7.21. The molecule has 3 aromatic rings. The highest BCUT2D eigenvalue weighted by Gasteiger charge is 2.36. The number of aromatic hydroxyl groups is 1. The van der Waals surface area contributed by atoms with Crippen LogP contribution in [0.25, 0.3) is 0 Å². The van der Waals surface area contributed by atoms with E-state index in [1.807, 2.05) is 6.07 Å². The summed E-state index contributed by atoms with van der Waals surface area (Å²) < 4.78 is 10.9. The van der Waals surface area contributed by atoms with Crippen LogP contribution in [0.4, 0.5) is 0 Å². The molecule has 2 heterocycles. The first-order valence-electron chi connectivity index (χ1n) is 9.75. The summed E-state index contributed by atoms with van der Waals surface area (Å²) in [5, 5.41) is 10.5. The Morgan fingerprint density at radius 2 is 1.50 bits per heavy atom. The van der Waals surface area contributed by atoms with Gasteiger partial charge in [0, 0.05) is 30.1 Å². The summed E-state index contributed by atoms with van der Waals surface area (Å²) in [5.41, 5.74) is 3.56. The van der Waals surface area contributed by atoms with Crippen molar-refractivity contribution in [2.45, 2.75) is 24.9 Å². The summed E-state index contributed by atoms with van der Waals surface area (Å²) >= 11 is 0. The zero-order valence-electron chi connectivity index (χ0n) is 15.6. The van der Waals surface area contributed by atoms with Crippen LogP contribution in [0, 0.1) is 0 Å². The van der Waals surface area contributed by atoms with E-state index < -0.39 is 0 Å². The summed E-state index contributed by atoms with van der Waals surface area (Å²) in [7, 11) is 0. The number of phenolic OH excluding ortho intramolecular Hbond substituents is 1. The fourth-order valence-electron chi connectivity index (χ4n) is 4.50. The maximum atomic E-state index is 10.5. The fraction of sp³-hybridized carbons (Fsp3) is 0.250. The van der Waals surface area contributed by atoms with Gasteiger partial charge in [0.15, 0.2) is 11.5 Å². The molecular weight excluding hydrogens is 350 g/mol. The molecular formula is C24H23NO3. The van der Waals surface area contributed by atoms with Gasteiger partial charge in [-0.2, -0.15) is 0 Å². The van der Waals surface area contributed by atoms with Crippen LogP contribution in [-0.4, -0.2) is 23.3 Å². The van der Waals surface area contributed by atoms with E-state index in [-0.39, 0.29) is 18.6 Å². The Balaban J connectivity index is 1.48. The summed E-state index contributed by atoms with van der Waals surface area (Å²) in [4.78, 5) is 2.46. The molecule has 3 aromatic carbocycles. The zero-order valence-corrected chi connectivity index (χ0v) is 15.6. The van der Waals surface area contributed by atoms with Crippen LogP contribution in [0.5, 0.6) is 17.2 Å². The molecule has 4 heteroatoms. The molecule has 5 rings (SSSR count). The minimum absolute atomic E-state index is 0.213. The lowest BCUT2D eigenvalue weighted by molar-refractivity contribution is 0.173. The molecule has 0 bridgehead atoms. The van der Waals surface area contributed by atoms with Crippen molar-refractivity contribution in [3.05, 3.63) is 89.5 Å². The van der Waals surface area contributed by atoms with E-state index in [0.717, 1.165) is 18.5 Å². The number of hydrogen-bond acceptors (Lipinski definition) is 4. The van der Waals surface area contributed by atoms with Crippen LogP contribution in [0.1, 0.15) is 35.1 Å². The molecule has 0 spiro atoms. The van der Waals surface area contributed by atoms with Crippen LogP contribution in [0.15, 0.2) is 72.8 Å². The lowest BCUT2D eigenvalue weighted by Gasteiger charge is -2.29. The van der Waals surface area contributed by atoms with E-state index in [1.54, 1.807) is 6.07 Å². The smallest absolute Gasteiger partial charge is 0.231 e. The maximum Gasteiger partial charge on any atom is 0.231 e. The van der Waals surface area contributed by atoms with Gasteiger partial charge in [0.25, 0.3) is 0 Å². The minimum Gasteiger partial charge on any atom is -0.507 e. The second-order valence-corrected chi connectivity index (χ2v) is 7.47. The number of hydrogen-bond donors (Lipinski definition) is 1. The molecule has 0 aromatic heterocycles. The number of nitrogens with zero attached hydrogens (tertiary/aromatic N) is 1. The molecule has 0 amide bonds. The molecule has 4 nitrogen and oxygen atoms in total. The first-order valence-corrected chi connectivity index (χ1v) is 9.75. The Kier molecular flexibility index (Phi) is 4.41. The third-order valence-corrected chi connectivity index (χ3v) is 5.82. The molecule has 0 radical (unpaired) electrons. The average Bonchev–Trinajstić information content (AvgIpc) is 3.36. The molecule has 28 heavy (non-hydrogen) atoms. The zero-order chi connectivity index (χ0) is 18.9. The largest absolute Gasteiger partial charge is 0.507 e. The minimum atomic E-state index is 0.213. The molecule has 1 saturated heterocycles. The predicted octanol–water partition coefficient (Wildman–Crippen LogP) is 4.85. The molecule has 1 N–H and O–H groups in total. The van der Waals surface area contributed by atoms with Crippen LogP contribution in [0.2, 0.25) is 0 Å². The second-order valence-electron chi connectivity index (χ2n) is 7.47. The summed E-state index contributed by atoms with van der Waals surface area (Å²) in [6, 6.07) is 25.3.